The maximum atomic E-state index is 14.6. The van der Waals surface area contributed by atoms with Crippen LogP contribution in [-0.4, -0.2) is 83.7 Å². The zero-order valence-electron chi connectivity index (χ0n) is 37.0. The maximum absolute atomic E-state index is 14.6. The third kappa shape index (κ3) is 5.93. The highest BCUT2D eigenvalue weighted by Gasteiger charge is 2.73. The molecule has 9 aliphatic carbocycles. The van der Waals surface area contributed by atoms with E-state index >= 15 is 0 Å². The minimum atomic E-state index is -1.34. The Morgan fingerprint density at radius 2 is 1.76 bits per heavy atom. The van der Waals surface area contributed by atoms with Crippen LogP contribution in [0.1, 0.15) is 104 Å². The van der Waals surface area contributed by atoms with Crippen LogP contribution in [0.5, 0.6) is 0 Å². The second-order valence-corrected chi connectivity index (χ2v) is 25.5. The molecule has 0 unspecified atom stereocenters. The summed E-state index contributed by atoms with van der Waals surface area (Å²) < 4.78 is 2.30. The molecular formula is C50H69N5O5S2. The van der Waals surface area contributed by atoms with Crippen LogP contribution in [0.25, 0.3) is 0 Å². The quantitative estimate of drug-likeness (QED) is 0.0820. The van der Waals surface area contributed by atoms with Crippen molar-refractivity contribution in [1.29, 1.82) is 0 Å². The van der Waals surface area contributed by atoms with Gasteiger partial charge in [0, 0.05) is 65.6 Å². The molecule has 2 heterocycles. The summed E-state index contributed by atoms with van der Waals surface area (Å²) >= 11 is 0. The summed E-state index contributed by atoms with van der Waals surface area (Å²) in [5.41, 5.74) is 16.4. The average molecular weight is 884 g/mol. The monoisotopic (exact) mass is 883 g/mol. The number of carbonyl (C=O) groups is 1. The first-order chi connectivity index (χ1) is 29.6. The van der Waals surface area contributed by atoms with Gasteiger partial charge in [0.1, 0.15) is 0 Å². The lowest BCUT2D eigenvalue weighted by Gasteiger charge is -2.64. The Kier molecular flexibility index (Phi) is 10.1. The molecule has 5 saturated carbocycles. The molecule has 1 saturated heterocycles. The average Bonchev–Trinajstić information content (AvgIpc) is 3.85. The van der Waals surface area contributed by atoms with Gasteiger partial charge in [0.05, 0.1) is 30.2 Å². The van der Waals surface area contributed by atoms with E-state index in [-0.39, 0.29) is 71.5 Å². The molecule has 1 aliphatic heterocycles. The van der Waals surface area contributed by atoms with E-state index in [2.05, 4.69) is 60.6 Å². The smallest absolute Gasteiger partial charge is 0.185 e. The highest BCUT2D eigenvalue weighted by molar-refractivity contribution is 8.76. The number of imidazole rings is 1. The Morgan fingerprint density at radius 3 is 2.53 bits per heavy atom. The zero-order valence-corrected chi connectivity index (χ0v) is 38.7. The lowest BCUT2D eigenvalue weighted by molar-refractivity contribution is -0.171. The number of aliphatic imine (C=N–C) groups is 1. The van der Waals surface area contributed by atoms with Crippen molar-refractivity contribution in [2.75, 3.05) is 18.1 Å². The van der Waals surface area contributed by atoms with Crippen LogP contribution in [-0.2, 0) is 4.79 Å². The Morgan fingerprint density at radius 1 is 0.952 bits per heavy atom. The molecule has 62 heavy (non-hydrogen) atoms. The summed E-state index contributed by atoms with van der Waals surface area (Å²) in [6.07, 6.45) is 19.8. The first kappa shape index (κ1) is 42.3. The number of hydrogen-bond donors (Lipinski definition) is 6. The number of guanidine groups is 1. The fourth-order valence-electron chi connectivity index (χ4n) is 17.4. The summed E-state index contributed by atoms with van der Waals surface area (Å²) in [6.45, 7) is 9.69. The summed E-state index contributed by atoms with van der Waals surface area (Å²) in [4.78, 5) is 23.8. The lowest BCUT2D eigenvalue weighted by Crippen LogP contribution is -2.65. The molecule has 0 aromatic carbocycles. The van der Waals surface area contributed by atoms with Crippen molar-refractivity contribution in [3.8, 4) is 0 Å². The van der Waals surface area contributed by atoms with Gasteiger partial charge in [-0.25, -0.2) is 4.98 Å². The van der Waals surface area contributed by atoms with Crippen molar-refractivity contribution in [1.82, 2.24) is 9.55 Å². The van der Waals surface area contributed by atoms with E-state index in [9.17, 15) is 25.2 Å². The van der Waals surface area contributed by atoms with Crippen LogP contribution in [0, 0.1) is 81.3 Å². The predicted molar refractivity (Wildman–Crippen MR) is 245 cm³/mol. The van der Waals surface area contributed by atoms with Crippen LogP contribution < -0.4 is 11.5 Å². The number of aromatic nitrogens is 2. The molecule has 11 rings (SSSR count). The molecule has 12 heteroatoms. The van der Waals surface area contributed by atoms with Gasteiger partial charge in [0.15, 0.2) is 11.7 Å². The Bertz CT molecular complexity index is 2160. The van der Waals surface area contributed by atoms with E-state index in [0.29, 0.717) is 42.4 Å². The van der Waals surface area contributed by atoms with Gasteiger partial charge in [-0.15, -0.1) is 0 Å². The molecule has 4 bridgehead atoms. The predicted octanol–water partition coefficient (Wildman–Crippen LogP) is 6.78. The summed E-state index contributed by atoms with van der Waals surface area (Å²) in [5.74, 6) is 2.23. The fourth-order valence-corrected chi connectivity index (χ4v) is 20.1. The van der Waals surface area contributed by atoms with Crippen LogP contribution >= 0.6 is 21.6 Å². The van der Waals surface area contributed by atoms with Crippen molar-refractivity contribution < 1.29 is 25.2 Å². The minimum Gasteiger partial charge on any atom is -0.392 e. The SMILES string of the molecule is CC1(C)C[C@@H](n2ccnc2)CSSC[C@@H]2C[C@H]([C@@H]3C[C@H]4CC[C@@H]5C=C[C@H]6CCCC7=C1[C@H](C4=C5[C@@H]76)[C@H]3O)[C@@]1(C)C[C@H](CN=C(N)N)[C@H]3C(=CC(=O)[C@@H]4C[C@@H](O)[C@@H](O)C[C@]34C)[C@]21O. The Labute approximate surface area is 375 Å². The van der Waals surface area contributed by atoms with Crippen LogP contribution in [0.2, 0.25) is 0 Å². The van der Waals surface area contributed by atoms with E-state index in [0.717, 1.165) is 49.9 Å². The molecule has 0 spiro atoms. The van der Waals surface area contributed by atoms with Crippen LogP contribution in [0.3, 0.4) is 0 Å². The number of nitrogens with zero attached hydrogens (tertiary/aromatic N) is 3. The minimum absolute atomic E-state index is 0.00981. The molecular weight excluding hydrogens is 815 g/mol. The van der Waals surface area contributed by atoms with Gasteiger partial charge in [-0.3, -0.25) is 9.79 Å². The van der Waals surface area contributed by atoms with Gasteiger partial charge in [-0.1, -0.05) is 83.7 Å². The molecule has 8 N–H and O–H groups in total. The summed E-state index contributed by atoms with van der Waals surface area (Å²) in [7, 11) is 3.74. The van der Waals surface area contributed by atoms with E-state index in [1.54, 1.807) is 22.8 Å². The third-order valence-electron chi connectivity index (χ3n) is 19.6. The van der Waals surface area contributed by atoms with E-state index in [1.807, 2.05) is 34.1 Å². The van der Waals surface area contributed by atoms with Gasteiger partial charge >= 0.3 is 0 Å². The van der Waals surface area contributed by atoms with Gasteiger partial charge in [0.25, 0.3) is 0 Å². The molecule has 0 radical (unpaired) electrons. The molecule has 18 atom stereocenters. The van der Waals surface area contributed by atoms with Crippen molar-refractivity contribution in [3.05, 3.63) is 64.8 Å². The number of aliphatic hydroxyl groups excluding tert-OH is 3. The second-order valence-electron chi connectivity index (χ2n) is 22.9. The highest BCUT2D eigenvalue weighted by atomic mass is 33.1. The number of rotatable bonds is 3. The normalized spacial score (nSPS) is 48.9. The fraction of sp³-hybridized carbons (Fsp3) is 0.740. The van der Waals surface area contributed by atoms with Crippen LogP contribution in [0.4, 0.5) is 0 Å². The molecule has 10 aliphatic rings. The maximum Gasteiger partial charge on any atom is 0.185 e. The number of allylic oxidation sites excluding steroid dienone is 5. The van der Waals surface area contributed by atoms with Crippen LogP contribution in [0.15, 0.2) is 69.8 Å². The lowest BCUT2D eigenvalue weighted by atomic mass is 9.42. The van der Waals surface area contributed by atoms with E-state index in [1.165, 1.54) is 18.4 Å². The van der Waals surface area contributed by atoms with E-state index in [4.69, 9.17) is 11.5 Å². The molecule has 6 fully saturated rings. The second kappa shape index (κ2) is 14.8. The van der Waals surface area contributed by atoms with Crippen molar-refractivity contribution in [2.45, 2.75) is 128 Å². The molecule has 1 aromatic rings. The first-order valence-electron chi connectivity index (χ1n) is 24.0. The van der Waals surface area contributed by atoms with Gasteiger partial charge in [0.2, 0.25) is 0 Å². The zero-order chi connectivity index (χ0) is 43.2. The molecule has 1 aromatic heterocycles. The molecule has 0 amide bonds. The Hall–Kier alpha value is -2.35. The van der Waals surface area contributed by atoms with Crippen molar-refractivity contribution >= 4 is 33.3 Å². The number of nitrogens with two attached hydrogens (primary N) is 2. The number of fused-ring (bicyclic) bond motifs is 11. The van der Waals surface area contributed by atoms with Gasteiger partial charge in [-0.05, 0) is 135 Å². The summed E-state index contributed by atoms with van der Waals surface area (Å²) in [6, 6.07) is 0.192. The number of ketones is 1. The topological polar surface area (TPSA) is 180 Å². The standard InChI is InChI=1S/C50H69N5O5S2/c1-47(2)19-30(55-13-12-53-24-55)23-62-61-22-29-15-33(32-14-27-11-10-26-9-8-25-6-5-7-31-39(25)40(26)41(27)42(44(31)47)45(32)59)49(4)18-28(21-54-46(51)52)43-35(50(29,49)60)17-36(56)34-16-37(57)38(58)20-48(34,43)3/h8-9,12-13,17,24-30,32-34,37-39,42-43,45,57-60H,5-7,10-11,14-16,18-23H2,1-4H3,(H4,51,52,54)/t25-,26+,27-,28-,29+,30-,32+,33-,34+,37-,38+,39-,42+,43+,45+,48+,49-,50-/m1/s1. The van der Waals surface area contributed by atoms with Gasteiger partial charge in [-0.2, -0.15) is 0 Å². The third-order valence-corrected chi connectivity index (χ3v) is 22.1. The van der Waals surface area contributed by atoms with Crippen molar-refractivity contribution in [2.24, 2.45) is 97.8 Å². The largest absolute Gasteiger partial charge is 0.392 e. The Balaban J connectivity index is 1.10. The number of hydrogen-bond acceptors (Lipinski definition) is 9. The molecule has 10 nitrogen and oxygen atoms in total. The number of aliphatic hydroxyl groups is 4. The highest BCUT2D eigenvalue weighted by Crippen LogP contribution is 2.74. The molecule has 336 valence electrons. The van der Waals surface area contributed by atoms with Gasteiger partial charge < -0.3 is 36.5 Å². The summed E-state index contributed by atoms with van der Waals surface area (Å²) in [5, 5.41) is 50.1. The van der Waals surface area contributed by atoms with Crippen molar-refractivity contribution in [3.63, 3.8) is 0 Å². The van der Waals surface area contributed by atoms with E-state index < -0.39 is 40.7 Å². The first-order valence-corrected chi connectivity index (χ1v) is 26.5. The number of carbonyl (C=O) groups excluding carboxylic acids is 1.